The number of rotatable bonds is 3. The van der Waals surface area contributed by atoms with Gasteiger partial charge >= 0.3 is 12.3 Å². The smallest absolute Gasteiger partial charge is 0.477 e. The molecule has 2 aromatic rings. The fourth-order valence-corrected chi connectivity index (χ4v) is 1.66. The van der Waals surface area contributed by atoms with Gasteiger partial charge in [-0.1, -0.05) is 18.2 Å². The van der Waals surface area contributed by atoms with Crippen LogP contribution in [0.1, 0.15) is 10.5 Å². The summed E-state index contributed by atoms with van der Waals surface area (Å²) in [7, 11) is 0. The molecular weight excluding hydrogens is 294 g/mol. The molecule has 110 valence electrons. The van der Waals surface area contributed by atoms with Gasteiger partial charge in [0.05, 0.1) is 0 Å². The number of carboxylic acid groups (broad SMARTS) is 1. The van der Waals surface area contributed by atoms with E-state index in [-0.39, 0.29) is 11.1 Å². The lowest BCUT2D eigenvalue weighted by molar-refractivity contribution is -0.274. The zero-order valence-corrected chi connectivity index (χ0v) is 10.2. The summed E-state index contributed by atoms with van der Waals surface area (Å²) in [5, 5.41) is 8.68. The molecule has 0 radical (unpaired) electrons. The van der Waals surface area contributed by atoms with Crippen LogP contribution < -0.4 is 4.74 Å². The first kappa shape index (κ1) is 14.8. The van der Waals surface area contributed by atoms with Crippen LogP contribution in [0.2, 0.25) is 0 Å². The lowest BCUT2D eigenvalue weighted by Gasteiger charge is -2.13. The van der Waals surface area contributed by atoms with Crippen molar-refractivity contribution in [2.24, 2.45) is 0 Å². The van der Waals surface area contributed by atoms with E-state index < -0.39 is 29.7 Å². The Balaban J connectivity index is 2.50. The van der Waals surface area contributed by atoms with Crippen LogP contribution in [0, 0.1) is 5.95 Å². The van der Waals surface area contributed by atoms with E-state index in [4.69, 9.17) is 5.11 Å². The molecule has 0 aliphatic heterocycles. The second-order valence-corrected chi connectivity index (χ2v) is 3.88. The molecule has 0 atom stereocenters. The van der Waals surface area contributed by atoms with E-state index in [0.29, 0.717) is 0 Å². The van der Waals surface area contributed by atoms with Crippen molar-refractivity contribution in [3.8, 4) is 16.9 Å². The first-order chi connectivity index (χ1) is 9.78. The number of halogens is 4. The van der Waals surface area contributed by atoms with Crippen molar-refractivity contribution in [2.75, 3.05) is 0 Å². The molecule has 0 saturated carbocycles. The van der Waals surface area contributed by atoms with Crippen molar-refractivity contribution in [3.05, 3.63) is 48.0 Å². The third kappa shape index (κ3) is 3.47. The average molecular weight is 301 g/mol. The highest BCUT2D eigenvalue weighted by Gasteiger charge is 2.32. The molecule has 4 nitrogen and oxygen atoms in total. The van der Waals surface area contributed by atoms with Gasteiger partial charge in [0, 0.05) is 11.1 Å². The van der Waals surface area contributed by atoms with Crippen molar-refractivity contribution in [1.29, 1.82) is 0 Å². The first-order valence-corrected chi connectivity index (χ1v) is 5.53. The first-order valence-electron chi connectivity index (χ1n) is 5.53. The number of ether oxygens (including phenoxy) is 1. The minimum Gasteiger partial charge on any atom is -0.477 e. The molecule has 0 fully saturated rings. The number of pyridine rings is 1. The highest BCUT2D eigenvalue weighted by Crippen LogP contribution is 2.34. The van der Waals surface area contributed by atoms with Crippen molar-refractivity contribution in [1.82, 2.24) is 4.98 Å². The van der Waals surface area contributed by atoms with E-state index in [1.807, 2.05) is 0 Å². The Morgan fingerprint density at radius 2 is 1.76 bits per heavy atom. The third-order valence-corrected chi connectivity index (χ3v) is 2.47. The van der Waals surface area contributed by atoms with Gasteiger partial charge in [-0.25, -0.2) is 9.78 Å². The van der Waals surface area contributed by atoms with Crippen LogP contribution in [0.4, 0.5) is 17.6 Å². The van der Waals surface area contributed by atoms with Crippen LogP contribution in [0.3, 0.4) is 0 Å². The number of carbonyl (C=O) groups is 1. The summed E-state index contributed by atoms with van der Waals surface area (Å²) in [5.74, 6) is -3.25. The highest BCUT2D eigenvalue weighted by atomic mass is 19.4. The van der Waals surface area contributed by atoms with Crippen molar-refractivity contribution in [2.45, 2.75) is 6.36 Å². The number of carboxylic acids is 1. The van der Waals surface area contributed by atoms with Crippen molar-refractivity contribution < 1.29 is 32.2 Å². The maximum absolute atomic E-state index is 13.8. The maximum atomic E-state index is 13.8. The summed E-state index contributed by atoms with van der Waals surface area (Å²) in [6.07, 6.45) is -4.93. The van der Waals surface area contributed by atoms with Crippen LogP contribution in [-0.4, -0.2) is 22.4 Å². The Bertz CT molecular complexity index is 685. The number of hydrogen-bond acceptors (Lipinski definition) is 3. The summed E-state index contributed by atoms with van der Waals surface area (Å²) in [6.45, 7) is 0. The number of nitrogens with zero attached hydrogens (tertiary/aromatic N) is 1. The summed E-state index contributed by atoms with van der Waals surface area (Å²) in [6, 6.07) is 6.94. The predicted molar refractivity (Wildman–Crippen MR) is 63.3 cm³/mol. The van der Waals surface area contributed by atoms with Gasteiger partial charge in [-0.3, -0.25) is 0 Å². The Hall–Kier alpha value is -2.64. The molecule has 0 aliphatic carbocycles. The van der Waals surface area contributed by atoms with Gasteiger partial charge in [0.2, 0.25) is 5.95 Å². The van der Waals surface area contributed by atoms with E-state index in [0.717, 1.165) is 18.2 Å². The molecule has 0 saturated heterocycles. The number of para-hydroxylation sites is 1. The van der Waals surface area contributed by atoms with Gasteiger partial charge in [-0.2, -0.15) is 4.39 Å². The summed E-state index contributed by atoms with van der Waals surface area (Å²) >= 11 is 0. The maximum Gasteiger partial charge on any atom is 0.573 e. The number of alkyl halides is 3. The standard InChI is InChI=1S/C13H7F4NO3/c14-11-8(5-6-9(18-11)12(19)20)7-3-1-2-4-10(7)21-13(15,16)17/h1-6H,(H,19,20). The van der Waals surface area contributed by atoms with E-state index in [2.05, 4.69) is 9.72 Å². The lowest BCUT2D eigenvalue weighted by atomic mass is 10.1. The van der Waals surface area contributed by atoms with E-state index in [9.17, 15) is 22.4 Å². The molecular formula is C13H7F4NO3. The minimum absolute atomic E-state index is 0.184. The molecule has 1 N–H and O–H groups in total. The van der Waals surface area contributed by atoms with Crippen LogP contribution in [0.25, 0.3) is 11.1 Å². The molecule has 0 spiro atoms. The van der Waals surface area contributed by atoms with Crippen LogP contribution in [0.15, 0.2) is 36.4 Å². The molecule has 1 aromatic carbocycles. The molecule has 1 heterocycles. The lowest BCUT2D eigenvalue weighted by Crippen LogP contribution is -2.17. The second kappa shape index (κ2) is 5.39. The summed E-state index contributed by atoms with van der Waals surface area (Å²) < 4.78 is 54.5. The van der Waals surface area contributed by atoms with Gasteiger partial charge < -0.3 is 9.84 Å². The summed E-state index contributed by atoms with van der Waals surface area (Å²) in [4.78, 5) is 13.8. The number of benzene rings is 1. The average Bonchev–Trinajstić information content (AvgIpc) is 2.37. The highest BCUT2D eigenvalue weighted by molar-refractivity contribution is 5.86. The van der Waals surface area contributed by atoms with E-state index in [1.54, 1.807) is 0 Å². The van der Waals surface area contributed by atoms with Crippen LogP contribution in [-0.2, 0) is 0 Å². The fourth-order valence-electron chi connectivity index (χ4n) is 1.66. The number of hydrogen-bond donors (Lipinski definition) is 1. The Morgan fingerprint density at radius 1 is 1.10 bits per heavy atom. The zero-order valence-electron chi connectivity index (χ0n) is 10.2. The molecule has 0 unspecified atom stereocenters. The molecule has 2 rings (SSSR count). The SMILES string of the molecule is O=C(O)c1ccc(-c2ccccc2OC(F)(F)F)c(F)n1. The molecule has 0 bridgehead atoms. The Morgan fingerprint density at radius 3 is 2.33 bits per heavy atom. The monoisotopic (exact) mass is 301 g/mol. The fraction of sp³-hybridized carbons (Fsp3) is 0.0769. The Kier molecular flexibility index (Phi) is 3.79. The van der Waals surface area contributed by atoms with Gasteiger partial charge in [0.1, 0.15) is 5.75 Å². The van der Waals surface area contributed by atoms with Gasteiger partial charge in [0.15, 0.2) is 5.69 Å². The molecule has 21 heavy (non-hydrogen) atoms. The number of aromatic nitrogens is 1. The van der Waals surface area contributed by atoms with Gasteiger partial charge in [-0.05, 0) is 18.2 Å². The molecule has 0 amide bonds. The number of aromatic carboxylic acids is 1. The quantitative estimate of drug-likeness (QED) is 0.696. The predicted octanol–water partition coefficient (Wildman–Crippen LogP) is 3.48. The second-order valence-electron chi connectivity index (χ2n) is 3.88. The van der Waals surface area contributed by atoms with Gasteiger partial charge in [-0.15, -0.1) is 13.2 Å². The largest absolute Gasteiger partial charge is 0.573 e. The molecule has 1 aromatic heterocycles. The van der Waals surface area contributed by atoms with E-state index >= 15 is 0 Å². The van der Waals surface area contributed by atoms with Gasteiger partial charge in [0.25, 0.3) is 0 Å². The zero-order chi connectivity index (χ0) is 15.6. The summed E-state index contributed by atoms with van der Waals surface area (Å²) in [5.41, 5.74) is -1.03. The third-order valence-electron chi connectivity index (χ3n) is 2.47. The molecule has 8 heteroatoms. The van der Waals surface area contributed by atoms with Crippen molar-refractivity contribution in [3.63, 3.8) is 0 Å². The topological polar surface area (TPSA) is 59.4 Å². The molecule has 0 aliphatic rings. The Labute approximate surface area is 115 Å². The van der Waals surface area contributed by atoms with Crippen LogP contribution >= 0.6 is 0 Å². The van der Waals surface area contributed by atoms with Crippen LogP contribution in [0.5, 0.6) is 5.75 Å². The van der Waals surface area contributed by atoms with Crippen molar-refractivity contribution >= 4 is 5.97 Å². The van der Waals surface area contributed by atoms with E-state index in [1.165, 1.54) is 18.2 Å². The normalized spacial score (nSPS) is 11.2. The minimum atomic E-state index is -4.93.